The smallest absolute Gasteiger partial charge is 0.348 e. The maximum absolute atomic E-state index is 14.7. The number of amides is 1. The fourth-order valence-electron chi connectivity index (χ4n) is 3.40. The number of benzene rings is 3. The van der Waals surface area contributed by atoms with Gasteiger partial charge in [-0.25, -0.2) is 4.39 Å². The fraction of sp³-hybridized carbons (Fsp3) is 0.0909. The van der Waals surface area contributed by atoms with E-state index in [9.17, 15) is 22.4 Å². The van der Waals surface area contributed by atoms with E-state index in [4.69, 9.17) is 5.26 Å². The summed E-state index contributed by atoms with van der Waals surface area (Å²) in [5.41, 5.74) is 1.68. The monoisotopic (exact) mass is 396 g/mol. The summed E-state index contributed by atoms with van der Waals surface area (Å²) in [6.07, 6.45) is -4.67. The van der Waals surface area contributed by atoms with E-state index >= 15 is 0 Å². The second-order valence-electron chi connectivity index (χ2n) is 6.62. The van der Waals surface area contributed by atoms with E-state index in [2.05, 4.69) is 5.32 Å². The molecule has 0 aromatic heterocycles. The molecule has 0 radical (unpaired) electrons. The molecule has 0 bridgehead atoms. The zero-order chi connectivity index (χ0) is 20.8. The van der Waals surface area contributed by atoms with Gasteiger partial charge in [-0.3, -0.25) is 4.79 Å². The molecule has 0 saturated heterocycles. The minimum atomic E-state index is -4.67. The first-order chi connectivity index (χ1) is 13.8. The Kier molecular flexibility index (Phi) is 4.35. The van der Waals surface area contributed by atoms with Gasteiger partial charge in [-0.2, -0.15) is 18.4 Å². The molecule has 1 aliphatic rings. The Morgan fingerprint density at radius 2 is 1.72 bits per heavy atom. The van der Waals surface area contributed by atoms with Crippen molar-refractivity contribution in [2.75, 3.05) is 0 Å². The third-order valence-electron chi connectivity index (χ3n) is 4.82. The number of fused-ring (bicyclic) bond motifs is 1. The van der Waals surface area contributed by atoms with Gasteiger partial charge in [0.25, 0.3) is 5.91 Å². The van der Waals surface area contributed by atoms with Gasteiger partial charge < -0.3 is 5.32 Å². The molecule has 29 heavy (non-hydrogen) atoms. The van der Waals surface area contributed by atoms with Crippen LogP contribution in [0, 0.1) is 17.1 Å². The number of alkyl halides is 3. The van der Waals surface area contributed by atoms with Crippen LogP contribution in [0.25, 0.3) is 22.3 Å². The Morgan fingerprint density at radius 3 is 2.41 bits per heavy atom. The Bertz CT molecular complexity index is 1190. The quantitative estimate of drug-likeness (QED) is 0.598. The van der Waals surface area contributed by atoms with Gasteiger partial charge in [0.2, 0.25) is 0 Å². The third-order valence-corrected chi connectivity index (χ3v) is 4.82. The molecule has 4 rings (SSSR count). The summed E-state index contributed by atoms with van der Waals surface area (Å²) in [6, 6.07) is 14.1. The van der Waals surface area contributed by atoms with Crippen molar-refractivity contribution in [3.05, 3.63) is 82.7 Å². The lowest BCUT2D eigenvalue weighted by Crippen LogP contribution is -2.12. The van der Waals surface area contributed by atoms with Crippen LogP contribution >= 0.6 is 0 Å². The van der Waals surface area contributed by atoms with Crippen LogP contribution in [0.15, 0.2) is 54.6 Å². The van der Waals surface area contributed by atoms with Gasteiger partial charge in [-0.05, 0) is 58.7 Å². The number of hydrogen-bond donors (Lipinski definition) is 1. The SMILES string of the molecule is N#Cc1cccc(-c2cc3c(cc2-c2ccc(C(F)(F)F)cc2F)C(=O)NC3)c1. The Balaban J connectivity index is 1.96. The van der Waals surface area contributed by atoms with Crippen LogP contribution in [0.4, 0.5) is 17.6 Å². The molecule has 3 nitrogen and oxygen atoms in total. The van der Waals surface area contributed by atoms with Gasteiger partial charge in [0.1, 0.15) is 5.82 Å². The lowest BCUT2D eigenvalue weighted by Gasteiger charge is -2.15. The third kappa shape index (κ3) is 3.34. The molecule has 1 heterocycles. The summed E-state index contributed by atoms with van der Waals surface area (Å²) in [5, 5.41) is 11.8. The van der Waals surface area contributed by atoms with Gasteiger partial charge in [0.05, 0.1) is 17.2 Å². The highest BCUT2D eigenvalue weighted by atomic mass is 19.4. The predicted molar refractivity (Wildman–Crippen MR) is 98.2 cm³/mol. The van der Waals surface area contributed by atoms with Crippen molar-refractivity contribution in [2.45, 2.75) is 12.7 Å². The Hall–Kier alpha value is -3.66. The molecule has 0 spiro atoms. The summed E-state index contributed by atoms with van der Waals surface area (Å²) < 4.78 is 53.4. The minimum Gasteiger partial charge on any atom is -0.348 e. The van der Waals surface area contributed by atoms with Crippen molar-refractivity contribution >= 4 is 5.91 Å². The number of nitriles is 1. The molecular formula is C22H12F4N2O. The van der Waals surface area contributed by atoms with Crippen LogP contribution in [0.1, 0.15) is 27.0 Å². The van der Waals surface area contributed by atoms with Gasteiger partial charge in [-0.15, -0.1) is 0 Å². The number of nitrogens with zero attached hydrogens (tertiary/aromatic N) is 1. The van der Waals surface area contributed by atoms with Gasteiger partial charge in [0.15, 0.2) is 0 Å². The normalized spacial score (nSPS) is 13.0. The van der Waals surface area contributed by atoms with Crippen LogP contribution in [0.5, 0.6) is 0 Å². The number of carbonyl (C=O) groups is 1. The summed E-state index contributed by atoms with van der Waals surface area (Å²) in [7, 11) is 0. The van der Waals surface area contributed by atoms with Crippen LogP contribution in [0.2, 0.25) is 0 Å². The molecular weight excluding hydrogens is 384 g/mol. The molecule has 1 amide bonds. The molecule has 0 saturated carbocycles. The molecule has 1 N–H and O–H groups in total. The lowest BCUT2D eigenvalue weighted by molar-refractivity contribution is -0.137. The van der Waals surface area contributed by atoms with Crippen molar-refractivity contribution in [1.29, 1.82) is 5.26 Å². The fourth-order valence-corrected chi connectivity index (χ4v) is 3.40. The first-order valence-electron chi connectivity index (χ1n) is 8.60. The first-order valence-corrected chi connectivity index (χ1v) is 8.60. The number of rotatable bonds is 2. The van der Waals surface area contributed by atoms with Crippen LogP contribution in [-0.2, 0) is 12.7 Å². The molecule has 0 atom stereocenters. The highest BCUT2D eigenvalue weighted by Gasteiger charge is 2.32. The number of carbonyl (C=O) groups excluding carboxylic acids is 1. The van der Waals surface area contributed by atoms with E-state index in [0.29, 0.717) is 40.4 Å². The number of halogens is 4. The molecule has 1 aliphatic heterocycles. The zero-order valence-electron chi connectivity index (χ0n) is 14.8. The Morgan fingerprint density at radius 1 is 0.931 bits per heavy atom. The van der Waals surface area contributed by atoms with Crippen molar-refractivity contribution in [1.82, 2.24) is 5.32 Å². The van der Waals surface area contributed by atoms with E-state index < -0.39 is 17.6 Å². The van der Waals surface area contributed by atoms with Gasteiger partial charge >= 0.3 is 6.18 Å². The summed E-state index contributed by atoms with van der Waals surface area (Å²) in [4.78, 5) is 12.1. The van der Waals surface area contributed by atoms with E-state index in [0.717, 1.165) is 12.1 Å². The molecule has 0 fully saturated rings. The zero-order valence-corrected chi connectivity index (χ0v) is 14.8. The predicted octanol–water partition coefficient (Wildman–Crippen LogP) is 5.29. The average molecular weight is 396 g/mol. The topological polar surface area (TPSA) is 52.9 Å². The van der Waals surface area contributed by atoms with Crippen molar-refractivity contribution in [3.8, 4) is 28.3 Å². The highest BCUT2D eigenvalue weighted by Crippen LogP contribution is 2.39. The Labute approximate surface area is 163 Å². The summed E-state index contributed by atoms with van der Waals surface area (Å²) in [6.45, 7) is 0.300. The maximum Gasteiger partial charge on any atom is 0.416 e. The van der Waals surface area contributed by atoms with Crippen molar-refractivity contribution in [2.24, 2.45) is 0 Å². The second kappa shape index (κ2) is 6.74. The maximum atomic E-state index is 14.7. The summed E-state index contributed by atoms with van der Waals surface area (Å²) >= 11 is 0. The standard InChI is InChI=1S/C22H12F4N2O/c23-20-8-15(22(24,25)26)4-5-16(20)19-9-18-14(11-28-21(18)29)7-17(19)13-3-1-2-12(6-13)10-27/h1-9H,11H2,(H,28,29). The van der Waals surface area contributed by atoms with Gasteiger partial charge in [-0.1, -0.05) is 18.2 Å². The minimum absolute atomic E-state index is 0.0575. The molecule has 3 aromatic rings. The second-order valence-corrected chi connectivity index (χ2v) is 6.62. The number of hydrogen-bond acceptors (Lipinski definition) is 2. The van der Waals surface area contributed by atoms with E-state index in [-0.39, 0.29) is 17.0 Å². The molecule has 3 aromatic carbocycles. The average Bonchev–Trinajstić information content (AvgIpc) is 3.06. The largest absolute Gasteiger partial charge is 0.416 e. The molecule has 7 heteroatoms. The van der Waals surface area contributed by atoms with Crippen LogP contribution in [-0.4, -0.2) is 5.91 Å². The van der Waals surface area contributed by atoms with Gasteiger partial charge in [0, 0.05) is 17.7 Å². The van der Waals surface area contributed by atoms with Crippen molar-refractivity contribution < 1.29 is 22.4 Å². The van der Waals surface area contributed by atoms with Crippen LogP contribution < -0.4 is 5.32 Å². The van der Waals surface area contributed by atoms with E-state index in [1.54, 1.807) is 30.3 Å². The molecule has 0 unspecified atom stereocenters. The van der Waals surface area contributed by atoms with E-state index in [1.807, 2.05) is 6.07 Å². The molecule has 144 valence electrons. The highest BCUT2D eigenvalue weighted by molar-refractivity contribution is 6.01. The first kappa shape index (κ1) is 18.7. The number of nitrogens with one attached hydrogen (secondary N) is 1. The van der Waals surface area contributed by atoms with Crippen LogP contribution in [0.3, 0.4) is 0 Å². The lowest BCUT2D eigenvalue weighted by atomic mass is 9.89. The van der Waals surface area contributed by atoms with E-state index in [1.165, 1.54) is 6.07 Å². The summed E-state index contributed by atoms with van der Waals surface area (Å²) in [5.74, 6) is -1.37. The van der Waals surface area contributed by atoms with Crippen molar-refractivity contribution in [3.63, 3.8) is 0 Å². The molecule has 0 aliphatic carbocycles.